The summed E-state index contributed by atoms with van der Waals surface area (Å²) in [5.74, 6) is 0.969. The van der Waals surface area contributed by atoms with Crippen molar-refractivity contribution in [2.45, 2.75) is 32.6 Å². The second-order valence-electron chi connectivity index (χ2n) is 5.71. The molecule has 0 spiro atoms. The van der Waals surface area contributed by atoms with E-state index in [1.807, 2.05) is 24.3 Å². The SMILES string of the molecule is CCC1(CNc2ccc3cc(N)ccc3n2)CCC1. The van der Waals surface area contributed by atoms with Crippen LogP contribution in [0.5, 0.6) is 0 Å². The highest BCUT2D eigenvalue weighted by molar-refractivity contribution is 5.83. The van der Waals surface area contributed by atoms with E-state index in [4.69, 9.17) is 5.73 Å². The van der Waals surface area contributed by atoms with E-state index in [-0.39, 0.29) is 0 Å². The molecule has 0 radical (unpaired) electrons. The second-order valence-corrected chi connectivity index (χ2v) is 5.71. The van der Waals surface area contributed by atoms with Crippen molar-refractivity contribution in [1.29, 1.82) is 0 Å². The lowest BCUT2D eigenvalue weighted by atomic mass is 9.67. The van der Waals surface area contributed by atoms with Crippen LogP contribution in [0.4, 0.5) is 11.5 Å². The quantitative estimate of drug-likeness (QED) is 0.817. The molecular formula is C16H21N3. The van der Waals surface area contributed by atoms with E-state index in [9.17, 15) is 0 Å². The number of nitrogens with zero attached hydrogens (tertiary/aromatic N) is 1. The summed E-state index contributed by atoms with van der Waals surface area (Å²) < 4.78 is 0. The van der Waals surface area contributed by atoms with Crippen molar-refractivity contribution in [1.82, 2.24) is 4.98 Å². The number of hydrogen-bond donors (Lipinski definition) is 2. The minimum absolute atomic E-state index is 0.512. The van der Waals surface area contributed by atoms with Crippen LogP contribution in [-0.2, 0) is 0 Å². The maximum atomic E-state index is 5.78. The molecular weight excluding hydrogens is 234 g/mol. The number of nitrogens with one attached hydrogen (secondary N) is 1. The van der Waals surface area contributed by atoms with Gasteiger partial charge in [-0.05, 0) is 55.0 Å². The third-order valence-corrected chi connectivity index (χ3v) is 4.52. The van der Waals surface area contributed by atoms with Gasteiger partial charge in [0.2, 0.25) is 0 Å². The molecule has 1 aromatic heterocycles. The Kier molecular flexibility index (Phi) is 3.05. The third-order valence-electron chi connectivity index (χ3n) is 4.52. The number of fused-ring (bicyclic) bond motifs is 1. The zero-order chi connectivity index (χ0) is 13.3. The average molecular weight is 255 g/mol. The topological polar surface area (TPSA) is 50.9 Å². The van der Waals surface area contributed by atoms with E-state index in [2.05, 4.69) is 23.3 Å². The first-order chi connectivity index (χ1) is 9.21. The lowest BCUT2D eigenvalue weighted by Gasteiger charge is -2.41. The van der Waals surface area contributed by atoms with Crippen molar-refractivity contribution in [3.8, 4) is 0 Å². The van der Waals surface area contributed by atoms with Crippen LogP contribution in [0.25, 0.3) is 10.9 Å². The number of anilines is 2. The highest BCUT2D eigenvalue weighted by atomic mass is 15.0. The number of hydrogen-bond acceptors (Lipinski definition) is 3. The molecule has 1 aromatic carbocycles. The molecule has 1 fully saturated rings. The molecule has 3 N–H and O–H groups in total. The van der Waals surface area contributed by atoms with Gasteiger partial charge in [0, 0.05) is 17.6 Å². The van der Waals surface area contributed by atoms with Crippen LogP contribution < -0.4 is 11.1 Å². The van der Waals surface area contributed by atoms with Gasteiger partial charge in [-0.3, -0.25) is 0 Å². The molecule has 1 aliphatic rings. The Balaban J connectivity index is 1.76. The lowest BCUT2D eigenvalue weighted by molar-refractivity contribution is 0.145. The zero-order valence-electron chi connectivity index (χ0n) is 11.4. The second kappa shape index (κ2) is 4.72. The molecule has 0 atom stereocenters. The summed E-state index contributed by atoms with van der Waals surface area (Å²) in [6, 6.07) is 9.98. The van der Waals surface area contributed by atoms with E-state index < -0.39 is 0 Å². The van der Waals surface area contributed by atoms with E-state index in [1.54, 1.807) is 0 Å². The van der Waals surface area contributed by atoms with Gasteiger partial charge in [-0.1, -0.05) is 13.3 Å². The van der Waals surface area contributed by atoms with Gasteiger partial charge in [0.05, 0.1) is 5.52 Å². The van der Waals surface area contributed by atoms with Gasteiger partial charge >= 0.3 is 0 Å². The Morgan fingerprint density at radius 2 is 2.11 bits per heavy atom. The Hall–Kier alpha value is -1.77. The lowest BCUT2D eigenvalue weighted by Crippen LogP contribution is -2.36. The van der Waals surface area contributed by atoms with Crippen molar-refractivity contribution in [3.05, 3.63) is 30.3 Å². The molecule has 1 aliphatic carbocycles. The molecule has 0 amide bonds. The molecule has 0 saturated heterocycles. The summed E-state index contributed by atoms with van der Waals surface area (Å²) >= 11 is 0. The monoisotopic (exact) mass is 255 g/mol. The largest absolute Gasteiger partial charge is 0.399 e. The molecule has 0 bridgehead atoms. The first kappa shape index (κ1) is 12.3. The summed E-state index contributed by atoms with van der Waals surface area (Å²) in [7, 11) is 0. The smallest absolute Gasteiger partial charge is 0.126 e. The van der Waals surface area contributed by atoms with Gasteiger partial charge in [-0.25, -0.2) is 4.98 Å². The van der Waals surface area contributed by atoms with E-state index in [0.717, 1.165) is 29.0 Å². The molecule has 19 heavy (non-hydrogen) atoms. The Morgan fingerprint density at radius 3 is 2.79 bits per heavy atom. The fourth-order valence-electron chi connectivity index (χ4n) is 2.85. The van der Waals surface area contributed by atoms with Gasteiger partial charge in [-0.15, -0.1) is 0 Å². The Labute approximate surface area is 114 Å². The van der Waals surface area contributed by atoms with Crippen LogP contribution in [-0.4, -0.2) is 11.5 Å². The number of pyridine rings is 1. The highest BCUT2D eigenvalue weighted by Crippen LogP contribution is 2.43. The standard InChI is InChI=1S/C16H21N3/c1-2-16(8-3-9-16)11-18-15-7-4-12-10-13(17)5-6-14(12)19-15/h4-7,10H,2-3,8-9,11,17H2,1H3,(H,18,19). The Bertz CT molecular complexity index is 582. The molecule has 3 rings (SSSR count). The molecule has 0 aliphatic heterocycles. The number of nitrogens with two attached hydrogens (primary N) is 1. The van der Waals surface area contributed by atoms with Gasteiger partial charge in [0.1, 0.15) is 5.82 Å². The van der Waals surface area contributed by atoms with Gasteiger partial charge in [-0.2, -0.15) is 0 Å². The predicted molar refractivity (Wildman–Crippen MR) is 81.2 cm³/mol. The third kappa shape index (κ3) is 2.37. The number of benzene rings is 1. The van der Waals surface area contributed by atoms with E-state index in [0.29, 0.717) is 5.41 Å². The van der Waals surface area contributed by atoms with Crippen molar-refractivity contribution in [3.63, 3.8) is 0 Å². The molecule has 3 nitrogen and oxygen atoms in total. The van der Waals surface area contributed by atoms with Crippen LogP contribution in [0.3, 0.4) is 0 Å². The summed E-state index contributed by atoms with van der Waals surface area (Å²) in [6.07, 6.45) is 5.32. The normalized spacial score (nSPS) is 17.1. The molecule has 100 valence electrons. The van der Waals surface area contributed by atoms with Crippen LogP contribution in [0, 0.1) is 5.41 Å². The highest BCUT2D eigenvalue weighted by Gasteiger charge is 2.34. The molecule has 1 saturated carbocycles. The van der Waals surface area contributed by atoms with Crippen molar-refractivity contribution < 1.29 is 0 Å². The molecule has 1 heterocycles. The summed E-state index contributed by atoms with van der Waals surface area (Å²) in [6.45, 7) is 3.33. The van der Waals surface area contributed by atoms with Crippen LogP contribution >= 0.6 is 0 Å². The van der Waals surface area contributed by atoms with Crippen LogP contribution in [0.15, 0.2) is 30.3 Å². The fraction of sp³-hybridized carbons (Fsp3) is 0.438. The van der Waals surface area contributed by atoms with Gasteiger partial charge in [0.25, 0.3) is 0 Å². The number of nitrogen functional groups attached to an aromatic ring is 1. The van der Waals surface area contributed by atoms with E-state index in [1.165, 1.54) is 25.7 Å². The fourth-order valence-corrected chi connectivity index (χ4v) is 2.85. The first-order valence-electron chi connectivity index (χ1n) is 7.11. The van der Waals surface area contributed by atoms with Gasteiger partial charge in [0.15, 0.2) is 0 Å². The maximum Gasteiger partial charge on any atom is 0.126 e. The summed E-state index contributed by atoms with van der Waals surface area (Å²) in [5, 5.41) is 4.60. The van der Waals surface area contributed by atoms with Crippen LogP contribution in [0.1, 0.15) is 32.6 Å². The number of aromatic nitrogens is 1. The maximum absolute atomic E-state index is 5.78. The Morgan fingerprint density at radius 1 is 1.26 bits per heavy atom. The zero-order valence-corrected chi connectivity index (χ0v) is 11.4. The first-order valence-corrected chi connectivity index (χ1v) is 7.11. The van der Waals surface area contributed by atoms with E-state index >= 15 is 0 Å². The van der Waals surface area contributed by atoms with Crippen LogP contribution in [0.2, 0.25) is 0 Å². The average Bonchev–Trinajstić information content (AvgIpc) is 2.38. The van der Waals surface area contributed by atoms with Crippen molar-refractivity contribution in [2.24, 2.45) is 5.41 Å². The van der Waals surface area contributed by atoms with Crippen molar-refractivity contribution in [2.75, 3.05) is 17.6 Å². The molecule has 0 unspecified atom stereocenters. The summed E-state index contributed by atoms with van der Waals surface area (Å²) in [4.78, 5) is 4.65. The molecule has 3 heteroatoms. The van der Waals surface area contributed by atoms with Crippen molar-refractivity contribution >= 4 is 22.4 Å². The minimum Gasteiger partial charge on any atom is -0.399 e. The van der Waals surface area contributed by atoms with Gasteiger partial charge < -0.3 is 11.1 Å². The summed E-state index contributed by atoms with van der Waals surface area (Å²) in [5.41, 5.74) is 8.07. The minimum atomic E-state index is 0.512. The number of rotatable bonds is 4. The molecule has 2 aromatic rings. The predicted octanol–water partition coefficient (Wildman–Crippen LogP) is 3.81.